The lowest BCUT2D eigenvalue weighted by atomic mass is 9.84. The highest BCUT2D eigenvalue weighted by atomic mass is 16.5. The van der Waals surface area contributed by atoms with Crippen LogP contribution in [0.2, 0.25) is 0 Å². The van der Waals surface area contributed by atoms with Crippen molar-refractivity contribution in [2.75, 3.05) is 0 Å². The Labute approximate surface area is 170 Å². The highest BCUT2D eigenvalue weighted by molar-refractivity contribution is 5.78. The van der Waals surface area contributed by atoms with Crippen LogP contribution in [0.25, 0.3) is 5.57 Å². The van der Waals surface area contributed by atoms with Gasteiger partial charge in [-0.05, 0) is 61.1 Å². The van der Waals surface area contributed by atoms with Gasteiger partial charge in [0.1, 0.15) is 0 Å². The normalized spacial score (nSPS) is 24.0. The maximum absolute atomic E-state index is 6.87. The van der Waals surface area contributed by atoms with E-state index in [0.717, 1.165) is 6.61 Å². The molecule has 1 saturated carbocycles. The molecule has 2 aromatic carbocycles. The zero-order chi connectivity index (χ0) is 19.2. The lowest BCUT2D eigenvalue weighted by Crippen LogP contribution is -2.34. The minimum Gasteiger partial charge on any atom is -0.365 e. The van der Waals surface area contributed by atoms with Gasteiger partial charge in [-0.15, -0.1) is 0 Å². The molecule has 1 nitrogen and oxygen atoms in total. The first-order valence-corrected chi connectivity index (χ1v) is 11.3. The molecule has 0 heterocycles. The third kappa shape index (κ3) is 3.96. The van der Waals surface area contributed by atoms with Crippen LogP contribution < -0.4 is 0 Å². The SMILES string of the molecule is CCCCCCC1=C(c2ccccc2)[C@]2(OCc3ccccc3)CCC[C@@H]2C1. The smallest absolute Gasteiger partial charge is 0.0972 e. The summed E-state index contributed by atoms with van der Waals surface area (Å²) in [5, 5.41) is 0. The van der Waals surface area contributed by atoms with Crippen molar-refractivity contribution in [2.45, 2.75) is 76.9 Å². The molecule has 0 aromatic heterocycles. The molecule has 148 valence electrons. The van der Waals surface area contributed by atoms with E-state index in [1.165, 1.54) is 68.9 Å². The van der Waals surface area contributed by atoms with Gasteiger partial charge in [-0.1, -0.05) is 92.4 Å². The van der Waals surface area contributed by atoms with Crippen LogP contribution in [0.15, 0.2) is 66.2 Å². The number of hydrogen-bond acceptors (Lipinski definition) is 1. The van der Waals surface area contributed by atoms with Crippen molar-refractivity contribution < 1.29 is 4.74 Å². The first-order chi connectivity index (χ1) is 13.8. The Morgan fingerprint density at radius 2 is 1.68 bits per heavy atom. The number of fused-ring (bicyclic) bond motifs is 1. The minimum atomic E-state index is -0.0721. The summed E-state index contributed by atoms with van der Waals surface area (Å²) in [5.41, 5.74) is 5.83. The third-order valence-electron chi connectivity index (χ3n) is 6.76. The average Bonchev–Trinajstić information content (AvgIpc) is 3.27. The number of ether oxygens (including phenoxy) is 1. The Balaban J connectivity index is 1.63. The first kappa shape index (κ1) is 19.5. The lowest BCUT2D eigenvalue weighted by Gasteiger charge is -2.34. The van der Waals surface area contributed by atoms with Crippen LogP contribution >= 0.6 is 0 Å². The van der Waals surface area contributed by atoms with Crippen molar-refractivity contribution in [1.29, 1.82) is 0 Å². The molecule has 4 rings (SSSR count). The second-order valence-corrected chi connectivity index (χ2v) is 8.61. The van der Waals surface area contributed by atoms with Crippen molar-refractivity contribution in [3.63, 3.8) is 0 Å². The molecule has 1 fully saturated rings. The van der Waals surface area contributed by atoms with Crippen molar-refractivity contribution in [2.24, 2.45) is 5.92 Å². The summed E-state index contributed by atoms with van der Waals surface area (Å²) in [6.45, 7) is 3.01. The van der Waals surface area contributed by atoms with Gasteiger partial charge >= 0.3 is 0 Å². The third-order valence-corrected chi connectivity index (χ3v) is 6.76. The van der Waals surface area contributed by atoms with E-state index in [4.69, 9.17) is 4.74 Å². The summed E-state index contributed by atoms with van der Waals surface area (Å²) in [4.78, 5) is 0. The van der Waals surface area contributed by atoms with E-state index < -0.39 is 0 Å². The summed E-state index contributed by atoms with van der Waals surface area (Å²) in [6, 6.07) is 21.8. The van der Waals surface area contributed by atoms with Gasteiger partial charge in [0.15, 0.2) is 0 Å². The van der Waals surface area contributed by atoms with Crippen molar-refractivity contribution >= 4 is 5.57 Å². The number of unbranched alkanes of at least 4 members (excludes halogenated alkanes) is 3. The maximum atomic E-state index is 6.87. The van der Waals surface area contributed by atoms with Gasteiger partial charge in [0.25, 0.3) is 0 Å². The minimum absolute atomic E-state index is 0.0721. The van der Waals surface area contributed by atoms with Gasteiger partial charge in [0, 0.05) is 0 Å². The number of allylic oxidation sites excluding steroid dienone is 1. The Bertz CT molecular complexity index is 776. The molecular formula is C27H34O. The monoisotopic (exact) mass is 374 g/mol. The second kappa shape index (κ2) is 9.09. The van der Waals surface area contributed by atoms with Gasteiger partial charge in [0.05, 0.1) is 12.2 Å². The van der Waals surface area contributed by atoms with Crippen LogP contribution in [-0.2, 0) is 11.3 Å². The summed E-state index contributed by atoms with van der Waals surface area (Å²) in [5.74, 6) is 0.660. The van der Waals surface area contributed by atoms with Gasteiger partial charge in [-0.25, -0.2) is 0 Å². The van der Waals surface area contributed by atoms with Gasteiger partial charge < -0.3 is 4.74 Å². The van der Waals surface area contributed by atoms with E-state index in [1.54, 1.807) is 11.1 Å². The Kier molecular flexibility index (Phi) is 6.32. The molecule has 2 aliphatic carbocycles. The van der Waals surface area contributed by atoms with Crippen LogP contribution in [0, 0.1) is 5.92 Å². The fourth-order valence-corrected chi connectivity index (χ4v) is 5.44. The summed E-state index contributed by atoms with van der Waals surface area (Å²) >= 11 is 0. The van der Waals surface area contributed by atoms with E-state index in [2.05, 4.69) is 67.6 Å². The molecule has 0 unspecified atom stereocenters. The largest absolute Gasteiger partial charge is 0.365 e. The molecule has 1 heteroatoms. The maximum Gasteiger partial charge on any atom is 0.0972 e. The van der Waals surface area contributed by atoms with E-state index in [0.29, 0.717) is 5.92 Å². The molecule has 0 amide bonds. The fraction of sp³-hybridized carbons (Fsp3) is 0.481. The quantitative estimate of drug-likeness (QED) is 0.411. The predicted octanol–water partition coefficient (Wildman–Crippen LogP) is 7.57. The van der Waals surface area contributed by atoms with Gasteiger partial charge in [0.2, 0.25) is 0 Å². The molecule has 0 N–H and O–H groups in total. The van der Waals surface area contributed by atoms with Crippen LogP contribution in [0.1, 0.15) is 75.8 Å². The zero-order valence-corrected chi connectivity index (χ0v) is 17.3. The highest BCUT2D eigenvalue weighted by Crippen LogP contribution is 2.57. The van der Waals surface area contributed by atoms with Crippen LogP contribution in [0.4, 0.5) is 0 Å². The summed E-state index contributed by atoms with van der Waals surface area (Å²) < 4.78 is 6.87. The fourth-order valence-electron chi connectivity index (χ4n) is 5.44. The average molecular weight is 375 g/mol. The number of hydrogen-bond donors (Lipinski definition) is 0. The highest BCUT2D eigenvalue weighted by Gasteiger charge is 2.52. The van der Waals surface area contributed by atoms with Gasteiger partial charge in [-0.2, -0.15) is 0 Å². The summed E-state index contributed by atoms with van der Waals surface area (Å²) in [6.07, 6.45) is 11.6. The zero-order valence-electron chi connectivity index (χ0n) is 17.3. The summed E-state index contributed by atoms with van der Waals surface area (Å²) in [7, 11) is 0. The van der Waals surface area contributed by atoms with E-state index in [9.17, 15) is 0 Å². The molecule has 0 bridgehead atoms. The number of benzene rings is 2. The molecule has 28 heavy (non-hydrogen) atoms. The molecular weight excluding hydrogens is 340 g/mol. The van der Waals surface area contributed by atoms with E-state index in [1.807, 2.05) is 0 Å². The first-order valence-electron chi connectivity index (χ1n) is 11.3. The van der Waals surface area contributed by atoms with Crippen molar-refractivity contribution in [1.82, 2.24) is 0 Å². The Morgan fingerprint density at radius 1 is 0.929 bits per heavy atom. The molecule has 2 aromatic rings. The van der Waals surface area contributed by atoms with Crippen LogP contribution in [-0.4, -0.2) is 5.60 Å². The molecule has 0 spiro atoms. The van der Waals surface area contributed by atoms with E-state index >= 15 is 0 Å². The molecule has 0 radical (unpaired) electrons. The molecule has 0 aliphatic heterocycles. The topological polar surface area (TPSA) is 9.23 Å². The van der Waals surface area contributed by atoms with Crippen molar-refractivity contribution in [3.8, 4) is 0 Å². The molecule has 2 aliphatic rings. The van der Waals surface area contributed by atoms with Crippen molar-refractivity contribution in [3.05, 3.63) is 77.4 Å². The van der Waals surface area contributed by atoms with Gasteiger partial charge in [-0.3, -0.25) is 0 Å². The Hall–Kier alpha value is -1.86. The lowest BCUT2D eigenvalue weighted by molar-refractivity contribution is -0.0317. The Morgan fingerprint density at radius 3 is 2.43 bits per heavy atom. The molecule has 0 saturated heterocycles. The van der Waals surface area contributed by atoms with Crippen LogP contribution in [0.5, 0.6) is 0 Å². The number of rotatable bonds is 9. The predicted molar refractivity (Wildman–Crippen MR) is 118 cm³/mol. The second-order valence-electron chi connectivity index (χ2n) is 8.61. The van der Waals surface area contributed by atoms with E-state index in [-0.39, 0.29) is 5.60 Å². The molecule has 2 atom stereocenters. The van der Waals surface area contributed by atoms with Crippen LogP contribution in [0.3, 0.4) is 0 Å². The standard InChI is InChI=1S/C27H34O/c1-2-3-4-9-17-24-20-25-18-12-19-27(25,26(24)23-15-10-6-11-16-23)28-21-22-13-7-5-8-14-22/h5-8,10-11,13-16,25H,2-4,9,12,17-21H2,1H3/t25-,27+/m1/s1.